The molecule has 2 amide bonds. The normalized spacial score (nSPS) is 16.3. The van der Waals surface area contributed by atoms with Crippen LogP contribution < -0.4 is 10.6 Å². The Morgan fingerprint density at radius 3 is 2.67 bits per heavy atom. The summed E-state index contributed by atoms with van der Waals surface area (Å²) in [7, 11) is 0. The molecule has 0 aromatic heterocycles. The van der Waals surface area contributed by atoms with Crippen molar-refractivity contribution in [1.29, 1.82) is 0 Å². The maximum atomic E-state index is 11.9. The molecule has 0 bridgehead atoms. The molecule has 1 fully saturated rings. The lowest BCUT2D eigenvalue weighted by Gasteiger charge is -2.22. The highest BCUT2D eigenvalue weighted by atomic mass is 127. The number of carbonyl (C=O) groups excluding carboxylic acids is 1. The average molecular weight is 358 g/mol. The smallest absolute Gasteiger partial charge is 0.319 e. The second-order valence-corrected chi connectivity index (χ2v) is 6.06. The summed E-state index contributed by atoms with van der Waals surface area (Å²) in [5.74, 6) is 0. The number of hydrogen-bond acceptors (Lipinski definition) is 1. The molecule has 4 heteroatoms. The molecule has 1 saturated carbocycles. The van der Waals surface area contributed by atoms with E-state index in [4.69, 9.17) is 0 Å². The number of nitrogens with one attached hydrogen (secondary N) is 2. The van der Waals surface area contributed by atoms with E-state index in [2.05, 4.69) is 40.1 Å². The summed E-state index contributed by atoms with van der Waals surface area (Å²) in [6, 6.07) is 6.23. The molecular weight excluding hydrogens is 339 g/mol. The first-order valence-electron chi connectivity index (χ1n) is 6.49. The number of anilines is 1. The maximum Gasteiger partial charge on any atom is 0.319 e. The second kappa shape index (κ2) is 6.41. The van der Waals surface area contributed by atoms with Crippen LogP contribution in [0.2, 0.25) is 0 Å². The Kier molecular flexibility index (Phi) is 4.86. The summed E-state index contributed by atoms with van der Waals surface area (Å²) in [6.45, 7) is 2.06. The molecule has 0 radical (unpaired) electrons. The van der Waals surface area contributed by atoms with E-state index in [1.165, 1.54) is 28.4 Å². The average Bonchev–Trinajstić information content (AvgIpc) is 2.35. The minimum absolute atomic E-state index is 0.0819. The molecule has 0 aliphatic heterocycles. The summed E-state index contributed by atoms with van der Waals surface area (Å²) in [5.41, 5.74) is 2.09. The zero-order valence-electron chi connectivity index (χ0n) is 10.6. The van der Waals surface area contributed by atoms with Gasteiger partial charge in [0.05, 0.1) is 0 Å². The van der Waals surface area contributed by atoms with Crippen molar-refractivity contribution < 1.29 is 4.79 Å². The maximum absolute atomic E-state index is 11.9. The van der Waals surface area contributed by atoms with Crippen LogP contribution in [0.25, 0.3) is 0 Å². The van der Waals surface area contributed by atoms with Gasteiger partial charge in [-0.1, -0.05) is 25.3 Å². The summed E-state index contributed by atoms with van der Waals surface area (Å²) >= 11 is 2.28. The number of amides is 2. The lowest BCUT2D eigenvalue weighted by molar-refractivity contribution is 0.244. The van der Waals surface area contributed by atoms with Gasteiger partial charge in [-0.2, -0.15) is 0 Å². The van der Waals surface area contributed by atoms with Crippen LogP contribution >= 0.6 is 22.6 Å². The van der Waals surface area contributed by atoms with E-state index in [0.717, 1.165) is 18.5 Å². The van der Waals surface area contributed by atoms with Gasteiger partial charge < -0.3 is 10.6 Å². The number of hydrogen-bond donors (Lipinski definition) is 2. The number of halogens is 1. The van der Waals surface area contributed by atoms with E-state index in [1.807, 2.05) is 18.2 Å². The van der Waals surface area contributed by atoms with Crippen LogP contribution in [-0.4, -0.2) is 12.1 Å². The van der Waals surface area contributed by atoms with Crippen LogP contribution in [0.1, 0.15) is 37.7 Å². The van der Waals surface area contributed by atoms with Crippen molar-refractivity contribution in [3.8, 4) is 0 Å². The molecule has 0 spiro atoms. The summed E-state index contributed by atoms with van der Waals surface area (Å²) in [5, 5.41) is 5.95. The van der Waals surface area contributed by atoms with Gasteiger partial charge in [0.25, 0.3) is 0 Å². The third kappa shape index (κ3) is 3.86. The van der Waals surface area contributed by atoms with Gasteiger partial charge in [-0.3, -0.25) is 0 Å². The molecule has 3 nitrogen and oxygen atoms in total. The van der Waals surface area contributed by atoms with Gasteiger partial charge in [0, 0.05) is 15.3 Å². The summed E-state index contributed by atoms with van der Waals surface area (Å²) < 4.78 is 1.17. The van der Waals surface area contributed by atoms with Gasteiger partial charge in [0.15, 0.2) is 0 Å². The lowest BCUT2D eigenvalue weighted by Crippen LogP contribution is -2.39. The second-order valence-electron chi connectivity index (χ2n) is 4.90. The van der Waals surface area contributed by atoms with Crippen molar-refractivity contribution in [2.75, 3.05) is 5.32 Å². The largest absolute Gasteiger partial charge is 0.335 e. The van der Waals surface area contributed by atoms with Crippen molar-refractivity contribution in [3.05, 3.63) is 27.3 Å². The summed E-state index contributed by atoms with van der Waals surface area (Å²) in [6.07, 6.45) is 5.98. The van der Waals surface area contributed by atoms with Crippen LogP contribution in [-0.2, 0) is 0 Å². The predicted octanol–water partition coefficient (Wildman–Crippen LogP) is 4.05. The summed E-state index contributed by atoms with van der Waals surface area (Å²) in [4.78, 5) is 11.9. The molecule has 0 heterocycles. The van der Waals surface area contributed by atoms with Crippen molar-refractivity contribution in [2.24, 2.45) is 0 Å². The fraction of sp³-hybridized carbons (Fsp3) is 0.500. The molecule has 2 N–H and O–H groups in total. The zero-order valence-corrected chi connectivity index (χ0v) is 12.8. The molecule has 18 heavy (non-hydrogen) atoms. The van der Waals surface area contributed by atoms with Crippen LogP contribution in [0, 0.1) is 10.5 Å². The highest BCUT2D eigenvalue weighted by molar-refractivity contribution is 14.1. The molecule has 2 rings (SSSR count). The third-order valence-electron chi connectivity index (χ3n) is 3.37. The number of urea groups is 1. The first-order chi connectivity index (χ1) is 8.65. The van der Waals surface area contributed by atoms with Crippen molar-refractivity contribution >= 4 is 34.3 Å². The van der Waals surface area contributed by atoms with E-state index in [-0.39, 0.29) is 6.03 Å². The van der Waals surface area contributed by atoms with Crippen LogP contribution in [0.3, 0.4) is 0 Å². The SMILES string of the molecule is Cc1ccc(NC(=O)NC2CCCCC2)cc1I. The van der Waals surface area contributed by atoms with E-state index >= 15 is 0 Å². The van der Waals surface area contributed by atoms with Crippen LogP contribution in [0.4, 0.5) is 10.5 Å². The quantitative estimate of drug-likeness (QED) is 0.770. The highest BCUT2D eigenvalue weighted by Gasteiger charge is 2.15. The zero-order chi connectivity index (χ0) is 13.0. The Hall–Kier alpha value is -0.780. The van der Waals surface area contributed by atoms with Gasteiger partial charge >= 0.3 is 6.03 Å². The molecular formula is C14H19IN2O. The first-order valence-corrected chi connectivity index (χ1v) is 7.57. The molecule has 1 aliphatic rings. The number of aryl methyl sites for hydroxylation is 1. The number of carbonyl (C=O) groups is 1. The molecule has 0 unspecified atom stereocenters. The van der Waals surface area contributed by atoms with E-state index < -0.39 is 0 Å². The third-order valence-corrected chi connectivity index (χ3v) is 4.53. The lowest BCUT2D eigenvalue weighted by atomic mass is 9.96. The van der Waals surface area contributed by atoms with Crippen molar-refractivity contribution in [2.45, 2.75) is 45.1 Å². The Bertz CT molecular complexity index is 428. The van der Waals surface area contributed by atoms with Gasteiger partial charge in [0.1, 0.15) is 0 Å². The fourth-order valence-corrected chi connectivity index (χ4v) is 2.79. The number of benzene rings is 1. The Morgan fingerprint density at radius 1 is 1.28 bits per heavy atom. The van der Waals surface area contributed by atoms with Crippen molar-refractivity contribution in [3.63, 3.8) is 0 Å². The van der Waals surface area contributed by atoms with Gasteiger partial charge in [-0.15, -0.1) is 0 Å². The van der Waals surface area contributed by atoms with Gasteiger partial charge in [-0.25, -0.2) is 4.79 Å². The van der Waals surface area contributed by atoms with Gasteiger partial charge in [-0.05, 0) is 60.1 Å². The van der Waals surface area contributed by atoms with Crippen molar-refractivity contribution in [1.82, 2.24) is 5.32 Å². The van der Waals surface area contributed by atoms with E-state index in [1.54, 1.807) is 0 Å². The Morgan fingerprint density at radius 2 is 2.00 bits per heavy atom. The fourth-order valence-electron chi connectivity index (χ4n) is 2.27. The molecule has 1 aliphatic carbocycles. The number of rotatable bonds is 2. The molecule has 1 aromatic carbocycles. The van der Waals surface area contributed by atoms with E-state index in [9.17, 15) is 4.79 Å². The molecule has 0 atom stereocenters. The first kappa shape index (κ1) is 13.6. The molecule has 98 valence electrons. The highest BCUT2D eigenvalue weighted by Crippen LogP contribution is 2.19. The molecule has 0 saturated heterocycles. The topological polar surface area (TPSA) is 41.1 Å². The Labute approximate surface area is 122 Å². The predicted molar refractivity (Wildman–Crippen MR) is 82.9 cm³/mol. The van der Waals surface area contributed by atoms with Crippen LogP contribution in [0.15, 0.2) is 18.2 Å². The minimum atomic E-state index is -0.0819. The monoisotopic (exact) mass is 358 g/mol. The molecule has 1 aromatic rings. The van der Waals surface area contributed by atoms with Crippen LogP contribution in [0.5, 0.6) is 0 Å². The standard InChI is InChI=1S/C14H19IN2O/c1-10-7-8-12(9-13(10)15)17-14(18)16-11-5-3-2-4-6-11/h7-9,11H,2-6H2,1H3,(H2,16,17,18). The minimum Gasteiger partial charge on any atom is -0.335 e. The van der Waals surface area contributed by atoms with Gasteiger partial charge in [0.2, 0.25) is 0 Å². The van der Waals surface area contributed by atoms with E-state index in [0.29, 0.717) is 6.04 Å². The Balaban J connectivity index is 1.88.